The van der Waals surface area contributed by atoms with Crippen LogP contribution < -0.4 is 5.32 Å². The van der Waals surface area contributed by atoms with Crippen molar-refractivity contribution in [3.05, 3.63) is 71.8 Å². The van der Waals surface area contributed by atoms with E-state index < -0.39 is 0 Å². The maximum absolute atomic E-state index is 13.9. The summed E-state index contributed by atoms with van der Waals surface area (Å²) >= 11 is 0. The smallest absolute Gasteiger partial charge is 0.272 e. The second kappa shape index (κ2) is 5.90. The van der Waals surface area contributed by atoms with Crippen molar-refractivity contribution < 1.29 is 13.7 Å². The van der Waals surface area contributed by atoms with Crippen molar-refractivity contribution in [1.82, 2.24) is 10.1 Å². The van der Waals surface area contributed by atoms with Gasteiger partial charge in [0.05, 0.1) is 11.7 Å². The van der Waals surface area contributed by atoms with E-state index in [1.54, 1.807) is 30.5 Å². The number of hydrogen-bond donors (Lipinski definition) is 2. The minimum absolute atomic E-state index is 0.299. The van der Waals surface area contributed by atoms with Crippen molar-refractivity contribution in [1.29, 1.82) is 0 Å². The van der Waals surface area contributed by atoms with Crippen LogP contribution in [0.25, 0.3) is 22.2 Å². The molecule has 0 aliphatic carbocycles. The SMILES string of the molecule is Cc1ccc(F)c2cc(C(=O)Nc3cccc(-c4ccno4)c3)[nH]c12. The Bertz CT molecular complexity index is 1030. The quantitative estimate of drug-likeness (QED) is 0.578. The van der Waals surface area contributed by atoms with Crippen molar-refractivity contribution >= 4 is 22.5 Å². The normalized spacial score (nSPS) is 11.0. The first-order chi connectivity index (χ1) is 12.1. The molecular weight excluding hydrogens is 321 g/mol. The summed E-state index contributed by atoms with van der Waals surface area (Å²) in [4.78, 5) is 15.5. The number of aromatic amines is 1. The molecule has 0 radical (unpaired) electrons. The summed E-state index contributed by atoms with van der Waals surface area (Å²) in [6, 6.07) is 13.6. The monoisotopic (exact) mass is 335 g/mol. The zero-order chi connectivity index (χ0) is 17.4. The number of aryl methyl sites for hydroxylation is 1. The molecule has 2 aromatic carbocycles. The largest absolute Gasteiger partial charge is 0.356 e. The number of hydrogen-bond acceptors (Lipinski definition) is 3. The zero-order valence-electron chi connectivity index (χ0n) is 13.3. The first-order valence-corrected chi connectivity index (χ1v) is 7.72. The van der Waals surface area contributed by atoms with E-state index >= 15 is 0 Å². The lowest BCUT2D eigenvalue weighted by atomic mass is 10.1. The third kappa shape index (κ3) is 2.78. The van der Waals surface area contributed by atoms with Crippen LogP contribution in [0.4, 0.5) is 10.1 Å². The molecule has 0 saturated carbocycles. The fourth-order valence-corrected chi connectivity index (χ4v) is 2.76. The van der Waals surface area contributed by atoms with Crippen molar-refractivity contribution in [2.45, 2.75) is 6.92 Å². The third-order valence-corrected chi connectivity index (χ3v) is 4.04. The summed E-state index contributed by atoms with van der Waals surface area (Å²) < 4.78 is 19.0. The Balaban J connectivity index is 1.63. The van der Waals surface area contributed by atoms with Crippen LogP contribution in [0.5, 0.6) is 0 Å². The van der Waals surface area contributed by atoms with Gasteiger partial charge in [0.2, 0.25) is 0 Å². The van der Waals surface area contributed by atoms with Crippen molar-refractivity contribution in [3.63, 3.8) is 0 Å². The van der Waals surface area contributed by atoms with Crippen LogP contribution in [0.15, 0.2) is 59.3 Å². The van der Waals surface area contributed by atoms with Crippen LogP contribution in [0.1, 0.15) is 16.1 Å². The molecular formula is C19H14FN3O2. The van der Waals surface area contributed by atoms with E-state index in [0.29, 0.717) is 28.0 Å². The predicted octanol–water partition coefficient (Wildman–Crippen LogP) is 4.52. The molecule has 0 spiro atoms. The van der Waals surface area contributed by atoms with Gasteiger partial charge in [-0.05, 0) is 36.8 Å². The molecule has 0 aliphatic rings. The molecule has 5 nitrogen and oxygen atoms in total. The van der Waals surface area contributed by atoms with Gasteiger partial charge in [0.1, 0.15) is 11.5 Å². The van der Waals surface area contributed by atoms with Crippen LogP contribution in [-0.2, 0) is 0 Å². The number of halogens is 1. The number of carbonyl (C=O) groups is 1. The third-order valence-electron chi connectivity index (χ3n) is 4.04. The van der Waals surface area contributed by atoms with E-state index in [0.717, 1.165) is 11.1 Å². The van der Waals surface area contributed by atoms with Gasteiger partial charge in [0, 0.05) is 22.7 Å². The van der Waals surface area contributed by atoms with Crippen LogP contribution >= 0.6 is 0 Å². The first kappa shape index (κ1) is 15.1. The lowest BCUT2D eigenvalue weighted by molar-refractivity contribution is 0.102. The highest BCUT2D eigenvalue weighted by Gasteiger charge is 2.14. The molecule has 2 aromatic heterocycles. The first-order valence-electron chi connectivity index (χ1n) is 7.72. The average Bonchev–Trinajstić information content (AvgIpc) is 3.28. The number of anilines is 1. The van der Waals surface area contributed by atoms with Crippen molar-refractivity contribution in [2.75, 3.05) is 5.32 Å². The molecule has 0 bridgehead atoms. The Kier molecular flexibility index (Phi) is 3.57. The van der Waals surface area contributed by atoms with Gasteiger partial charge in [-0.2, -0.15) is 0 Å². The molecule has 4 rings (SSSR count). The number of carbonyl (C=O) groups excluding carboxylic acids is 1. The molecule has 124 valence electrons. The molecule has 0 atom stereocenters. The van der Waals surface area contributed by atoms with E-state index in [-0.39, 0.29) is 11.7 Å². The summed E-state index contributed by atoms with van der Waals surface area (Å²) in [5.41, 5.74) is 3.21. The van der Waals surface area contributed by atoms with E-state index in [4.69, 9.17) is 4.52 Å². The standard InChI is InChI=1S/C19H14FN3O2/c1-11-5-6-15(20)14-10-16(23-18(11)14)19(24)22-13-4-2-3-12(9-13)17-7-8-21-25-17/h2-10,23H,1H3,(H,22,24). The van der Waals surface area contributed by atoms with Crippen LogP contribution in [0.2, 0.25) is 0 Å². The molecule has 2 N–H and O–H groups in total. The van der Waals surface area contributed by atoms with Crippen molar-refractivity contribution in [2.24, 2.45) is 0 Å². The summed E-state index contributed by atoms with van der Waals surface area (Å²) in [6.07, 6.45) is 1.56. The predicted molar refractivity (Wildman–Crippen MR) is 92.9 cm³/mol. The van der Waals surface area contributed by atoms with Gasteiger partial charge >= 0.3 is 0 Å². The van der Waals surface area contributed by atoms with Gasteiger partial charge in [-0.1, -0.05) is 23.4 Å². The van der Waals surface area contributed by atoms with Gasteiger partial charge < -0.3 is 14.8 Å². The summed E-state index contributed by atoms with van der Waals surface area (Å²) in [5.74, 6) is -0.0904. The molecule has 0 fully saturated rings. The van der Waals surface area contributed by atoms with E-state index in [2.05, 4.69) is 15.5 Å². The highest BCUT2D eigenvalue weighted by Crippen LogP contribution is 2.24. The lowest BCUT2D eigenvalue weighted by Gasteiger charge is -2.05. The summed E-state index contributed by atoms with van der Waals surface area (Å²) in [5, 5.41) is 6.88. The fraction of sp³-hybridized carbons (Fsp3) is 0.0526. The van der Waals surface area contributed by atoms with E-state index in [1.165, 1.54) is 12.1 Å². The van der Waals surface area contributed by atoms with Gasteiger partial charge in [0.15, 0.2) is 5.76 Å². The number of nitrogens with one attached hydrogen (secondary N) is 2. The maximum Gasteiger partial charge on any atom is 0.272 e. The topological polar surface area (TPSA) is 70.9 Å². The molecule has 0 saturated heterocycles. The molecule has 2 heterocycles. The molecule has 0 unspecified atom stereocenters. The van der Waals surface area contributed by atoms with Gasteiger partial charge in [-0.25, -0.2) is 4.39 Å². The van der Waals surface area contributed by atoms with Crippen molar-refractivity contribution in [3.8, 4) is 11.3 Å². The van der Waals surface area contributed by atoms with Gasteiger partial charge in [-0.3, -0.25) is 4.79 Å². The number of H-pyrrole nitrogens is 1. The maximum atomic E-state index is 13.9. The summed E-state index contributed by atoms with van der Waals surface area (Å²) in [7, 11) is 0. The fourth-order valence-electron chi connectivity index (χ4n) is 2.76. The van der Waals surface area contributed by atoms with Crippen LogP contribution in [-0.4, -0.2) is 16.0 Å². The van der Waals surface area contributed by atoms with Crippen LogP contribution in [0, 0.1) is 12.7 Å². The minimum Gasteiger partial charge on any atom is -0.356 e. The van der Waals surface area contributed by atoms with Crippen LogP contribution in [0.3, 0.4) is 0 Å². The average molecular weight is 335 g/mol. The number of rotatable bonds is 3. The van der Waals surface area contributed by atoms with Gasteiger partial charge in [0.25, 0.3) is 5.91 Å². The molecule has 0 aliphatic heterocycles. The second-order valence-electron chi connectivity index (χ2n) is 5.75. The highest BCUT2D eigenvalue weighted by molar-refractivity contribution is 6.06. The number of amides is 1. The Hall–Kier alpha value is -3.41. The van der Waals surface area contributed by atoms with E-state index in [1.807, 2.05) is 19.1 Å². The van der Waals surface area contributed by atoms with Gasteiger partial charge in [-0.15, -0.1) is 0 Å². The molecule has 4 aromatic rings. The molecule has 25 heavy (non-hydrogen) atoms. The minimum atomic E-state index is -0.358. The Morgan fingerprint density at radius 1 is 1.20 bits per heavy atom. The second-order valence-corrected chi connectivity index (χ2v) is 5.75. The Morgan fingerprint density at radius 2 is 2.08 bits per heavy atom. The van der Waals surface area contributed by atoms with E-state index in [9.17, 15) is 9.18 Å². The number of nitrogens with zero attached hydrogens (tertiary/aromatic N) is 1. The highest BCUT2D eigenvalue weighted by atomic mass is 19.1. The summed E-state index contributed by atoms with van der Waals surface area (Å²) in [6.45, 7) is 1.86. The Morgan fingerprint density at radius 3 is 2.84 bits per heavy atom. The molecule has 1 amide bonds. The number of benzene rings is 2. The Labute approximate surface area is 142 Å². The lowest BCUT2D eigenvalue weighted by Crippen LogP contribution is -2.12. The zero-order valence-corrected chi connectivity index (χ0v) is 13.3. The number of aromatic nitrogens is 2. The number of fused-ring (bicyclic) bond motifs is 1. The molecule has 6 heteroatoms.